The number of nitrogens with zero attached hydrogens (tertiary/aromatic N) is 1. The first-order chi connectivity index (χ1) is 23.1. The van der Waals surface area contributed by atoms with Crippen LogP contribution in [0.1, 0.15) is 25.0 Å². The van der Waals surface area contributed by atoms with Gasteiger partial charge in [-0.05, 0) is 63.7 Å². The van der Waals surface area contributed by atoms with Gasteiger partial charge >= 0.3 is 0 Å². The highest BCUT2D eigenvalue weighted by Gasteiger charge is 2.39. The SMILES string of the molecule is CC1(C)c2ccccc2-c2cccc(N(c3ccccc3-c3ccccc3)c3ccccc3-c3cccc4oc5ccccc5c34)c21. The zero-order valence-corrected chi connectivity index (χ0v) is 26.4. The molecule has 8 aromatic rings. The lowest BCUT2D eigenvalue weighted by Gasteiger charge is -2.34. The number of hydrogen-bond acceptors (Lipinski definition) is 2. The van der Waals surface area contributed by atoms with Gasteiger partial charge in [0.25, 0.3) is 0 Å². The van der Waals surface area contributed by atoms with Crippen molar-refractivity contribution < 1.29 is 4.42 Å². The Labute approximate surface area is 275 Å². The van der Waals surface area contributed by atoms with Crippen LogP contribution in [0.15, 0.2) is 168 Å². The molecule has 47 heavy (non-hydrogen) atoms. The van der Waals surface area contributed by atoms with Crippen molar-refractivity contribution in [2.45, 2.75) is 19.3 Å². The van der Waals surface area contributed by atoms with Crippen LogP contribution < -0.4 is 4.90 Å². The summed E-state index contributed by atoms with van der Waals surface area (Å²) in [5.74, 6) is 0. The molecular formula is C45H33NO. The van der Waals surface area contributed by atoms with E-state index in [1.165, 1.54) is 39.1 Å². The van der Waals surface area contributed by atoms with Crippen molar-refractivity contribution in [1.29, 1.82) is 0 Å². The number of anilines is 3. The third-order valence-corrected chi connectivity index (χ3v) is 9.87. The minimum Gasteiger partial charge on any atom is -0.456 e. The lowest BCUT2D eigenvalue weighted by Crippen LogP contribution is -2.21. The molecule has 2 nitrogen and oxygen atoms in total. The summed E-state index contributed by atoms with van der Waals surface area (Å²) in [6.45, 7) is 4.74. The van der Waals surface area contributed by atoms with E-state index < -0.39 is 0 Å². The van der Waals surface area contributed by atoms with Gasteiger partial charge in [-0.3, -0.25) is 0 Å². The highest BCUT2D eigenvalue weighted by atomic mass is 16.3. The molecule has 0 unspecified atom stereocenters. The zero-order chi connectivity index (χ0) is 31.5. The van der Waals surface area contributed by atoms with E-state index in [1.807, 2.05) is 6.07 Å². The predicted molar refractivity (Wildman–Crippen MR) is 197 cm³/mol. The van der Waals surface area contributed by atoms with Crippen molar-refractivity contribution in [2.24, 2.45) is 0 Å². The lowest BCUT2D eigenvalue weighted by atomic mass is 9.81. The van der Waals surface area contributed by atoms with Crippen LogP contribution in [0.3, 0.4) is 0 Å². The minimum atomic E-state index is -0.196. The molecule has 7 aromatic carbocycles. The predicted octanol–water partition coefficient (Wildman–Crippen LogP) is 12.7. The second kappa shape index (κ2) is 10.6. The number of para-hydroxylation sites is 3. The molecule has 0 saturated carbocycles. The van der Waals surface area contributed by atoms with E-state index in [9.17, 15) is 0 Å². The molecule has 9 rings (SSSR count). The molecule has 1 aliphatic carbocycles. The molecule has 0 saturated heterocycles. The van der Waals surface area contributed by atoms with Gasteiger partial charge in [0, 0.05) is 27.3 Å². The number of hydrogen-bond donors (Lipinski definition) is 0. The first kappa shape index (κ1) is 27.5. The molecule has 1 aromatic heterocycles. The van der Waals surface area contributed by atoms with Gasteiger partial charge in [-0.2, -0.15) is 0 Å². The Morgan fingerprint density at radius 3 is 1.81 bits per heavy atom. The third kappa shape index (κ3) is 4.18. The molecule has 0 bridgehead atoms. The molecule has 0 atom stereocenters. The van der Waals surface area contributed by atoms with Gasteiger partial charge in [-0.15, -0.1) is 0 Å². The van der Waals surface area contributed by atoms with Gasteiger partial charge in [-0.1, -0.05) is 147 Å². The third-order valence-electron chi connectivity index (χ3n) is 9.87. The number of benzene rings is 7. The highest BCUT2D eigenvalue weighted by molar-refractivity contribution is 6.14. The topological polar surface area (TPSA) is 16.4 Å². The van der Waals surface area contributed by atoms with Crippen molar-refractivity contribution in [3.63, 3.8) is 0 Å². The van der Waals surface area contributed by atoms with Crippen molar-refractivity contribution >= 4 is 39.0 Å². The second-order valence-corrected chi connectivity index (χ2v) is 12.9. The Balaban J connectivity index is 1.38. The smallest absolute Gasteiger partial charge is 0.136 e. The van der Waals surface area contributed by atoms with E-state index in [-0.39, 0.29) is 5.41 Å². The van der Waals surface area contributed by atoms with Crippen LogP contribution in [-0.2, 0) is 5.41 Å². The monoisotopic (exact) mass is 603 g/mol. The van der Waals surface area contributed by atoms with Crippen LogP contribution in [-0.4, -0.2) is 0 Å². The molecular weight excluding hydrogens is 571 g/mol. The van der Waals surface area contributed by atoms with Crippen LogP contribution in [0.4, 0.5) is 17.1 Å². The number of rotatable bonds is 5. The van der Waals surface area contributed by atoms with Gasteiger partial charge in [0.1, 0.15) is 11.2 Å². The fraction of sp³-hybridized carbons (Fsp3) is 0.0667. The van der Waals surface area contributed by atoms with Gasteiger partial charge in [0.05, 0.1) is 17.1 Å². The van der Waals surface area contributed by atoms with E-state index in [2.05, 4.69) is 176 Å². The summed E-state index contributed by atoms with van der Waals surface area (Å²) in [5, 5.41) is 2.26. The molecule has 224 valence electrons. The van der Waals surface area contributed by atoms with E-state index in [1.54, 1.807) is 0 Å². The van der Waals surface area contributed by atoms with Gasteiger partial charge < -0.3 is 9.32 Å². The van der Waals surface area contributed by atoms with Crippen LogP contribution in [0.25, 0.3) is 55.3 Å². The van der Waals surface area contributed by atoms with Gasteiger partial charge in [-0.25, -0.2) is 0 Å². The summed E-state index contributed by atoms with van der Waals surface area (Å²) >= 11 is 0. The standard InChI is InChI=1S/C45H33NO/c1-45(2)37-24-10-6-19-32(37)35-23-14-27-40(44(35)45)46(38-25-11-7-18-31(38)30-16-4-3-5-17-30)39-26-12-8-20-33(39)34-22-15-29-42-43(34)36-21-9-13-28-41(36)47-42/h3-29H,1-2H3. The highest BCUT2D eigenvalue weighted by Crippen LogP contribution is 2.56. The molecule has 0 fully saturated rings. The Hall–Kier alpha value is -5.86. The molecule has 0 N–H and O–H groups in total. The van der Waals surface area contributed by atoms with E-state index in [4.69, 9.17) is 4.42 Å². The van der Waals surface area contributed by atoms with Crippen molar-refractivity contribution in [3.05, 3.63) is 175 Å². The summed E-state index contributed by atoms with van der Waals surface area (Å²) in [7, 11) is 0. The summed E-state index contributed by atoms with van der Waals surface area (Å²) in [6.07, 6.45) is 0. The van der Waals surface area contributed by atoms with Gasteiger partial charge in [0.15, 0.2) is 0 Å². The van der Waals surface area contributed by atoms with Crippen molar-refractivity contribution in [2.75, 3.05) is 4.90 Å². The van der Waals surface area contributed by atoms with Crippen LogP contribution >= 0.6 is 0 Å². The molecule has 1 aliphatic rings. The maximum Gasteiger partial charge on any atom is 0.136 e. The number of fused-ring (bicyclic) bond motifs is 6. The Morgan fingerprint density at radius 1 is 0.426 bits per heavy atom. The molecule has 0 spiro atoms. The average molecular weight is 604 g/mol. The fourth-order valence-electron chi connectivity index (χ4n) is 7.82. The molecule has 0 aliphatic heterocycles. The van der Waals surface area contributed by atoms with Crippen molar-refractivity contribution in [1.82, 2.24) is 0 Å². The minimum absolute atomic E-state index is 0.196. The average Bonchev–Trinajstić information content (AvgIpc) is 3.62. The number of furan rings is 1. The van der Waals surface area contributed by atoms with E-state index in [0.717, 1.165) is 44.4 Å². The summed E-state index contributed by atoms with van der Waals surface area (Å²) in [6, 6.07) is 58.9. The molecule has 0 amide bonds. The molecule has 2 heteroatoms. The molecule has 0 radical (unpaired) electrons. The zero-order valence-electron chi connectivity index (χ0n) is 26.4. The van der Waals surface area contributed by atoms with Crippen molar-refractivity contribution in [3.8, 4) is 33.4 Å². The van der Waals surface area contributed by atoms with E-state index in [0.29, 0.717) is 0 Å². The summed E-state index contributed by atoms with van der Waals surface area (Å²) in [4.78, 5) is 2.51. The van der Waals surface area contributed by atoms with Crippen LogP contribution in [0.2, 0.25) is 0 Å². The van der Waals surface area contributed by atoms with Gasteiger partial charge in [0.2, 0.25) is 0 Å². The van der Waals surface area contributed by atoms with E-state index >= 15 is 0 Å². The Bertz CT molecular complexity index is 2450. The second-order valence-electron chi connectivity index (χ2n) is 12.9. The lowest BCUT2D eigenvalue weighted by molar-refractivity contribution is 0.661. The van der Waals surface area contributed by atoms with Crippen LogP contribution in [0, 0.1) is 0 Å². The fourth-order valence-corrected chi connectivity index (χ4v) is 7.82. The Kier molecular flexibility index (Phi) is 6.20. The Morgan fingerprint density at radius 2 is 0.979 bits per heavy atom. The quantitative estimate of drug-likeness (QED) is 0.195. The normalized spacial score (nSPS) is 13.1. The summed E-state index contributed by atoms with van der Waals surface area (Å²) in [5.41, 5.74) is 15.0. The van der Waals surface area contributed by atoms with Crippen LogP contribution in [0.5, 0.6) is 0 Å². The first-order valence-corrected chi connectivity index (χ1v) is 16.3. The largest absolute Gasteiger partial charge is 0.456 e. The molecule has 1 heterocycles. The maximum absolute atomic E-state index is 6.37. The summed E-state index contributed by atoms with van der Waals surface area (Å²) < 4.78 is 6.37. The first-order valence-electron chi connectivity index (χ1n) is 16.3. The maximum atomic E-state index is 6.37.